The molecular weight excluding hydrogens is 228 g/mol. The van der Waals surface area contributed by atoms with Gasteiger partial charge in [0.05, 0.1) is 0 Å². The van der Waals surface area contributed by atoms with Crippen LogP contribution in [0.5, 0.6) is 0 Å². The third-order valence-corrected chi connectivity index (χ3v) is 3.13. The van der Waals surface area contributed by atoms with Crippen LogP contribution in [0.1, 0.15) is 20.8 Å². The van der Waals surface area contributed by atoms with Crippen molar-refractivity contribution in [1.29, 1.82) is 0 Å². The van der Waals surface area contributed by atoms with Crippen LogP contribution in [0.15, 0.2) is 0 Å². The Kier molecular flexibility index (Phi) is 4.69. The minimum Gasteiger partial charge on any atom is -0.357 e. The Balaban J connectivity index is 3.11. The SMILES string of the molecule is CNc1nc(N(C)C)nc(N(C)C(C)C(C)C)n1. The lowest BCUT2D eigenvalue weighted by molar-refractivity contribution is 0.499. The Morgan fingerprint density at radius 2 is 1.50 bits per heavy atom. The van der Waals surface area contributed by atoms with Gasteiger partial charge in [0.25, 0.3) is 0 Å². The normalized spacial score (nSPS) is 12.4. The van der Waals surface area contributed by atoms with Crippen molar-refractivity contribution in [3.63, 3.8) is 0 Å². The summed E-state index contributed by atoms with van der Waals surface area (Å²) in [6, 6.07) is 0.368. The number of hydrogen-bond acceptors (Lipinski definition) is 6. The van der Waals surface area contributed by atoms with Gasteiger partial charge < -0.3 is 15.1 Å². The smallest absolute Gasteiger partial charge is 0.231 e. The monoisotopic (exact) mass is 252 g/mol. The summed E-state index contributed by atoms with van der Waals surface area (Å²) in [6.45, 7) is 6.55. The summed E-state index contributed by atoms with van der Waals surface area (Å²) in [5.74, 6) is 2.48. The minimum atomic E-state index is 0.368. The molecule has 1 N–H and O–H groups in total. The average Bonchev–Trinajstić information content (AvgIpc) is 2.35. The summed E-state index contributed by atoms with van der Waals surface area (Å²) in [6.07, 6.45) is 0. The molecule has 0 saturated carbocycles. The van der Waals surface area contributed by atoms with Crippen molar-refractivity contribution in [3.05, 3.63) is 0 Å². The molecule has 0 aliphatic rings. The molecule has 0 aliphatic heterocycles. The summed E-state index contributed by atoms with van der Waals surface area (Å²) in [5, 5.41) is 2.97. The van der Waals surface area contributed by atoms with Crippen LogP contribution in [-0.4, -0.2) is 49.2 Å². The molecule has 1 rings (SSSR count). The zero-order chi connectivity index (χ0) is 13.9. The third-order valence-electron chi connectivity index (χ3n) is 3.13. The van der Waals surface area contributed by atoms with E-state index in [1.165, 1.54) is 0 Å². The van der Waals surface area contributed by atoms with E-state index in [4.69, 9.17) is 0 Å². The number of rotatable bonds is 5. The van der Waals surface area contributed by atoms with Crippen LogP contribution in [-0.2, 0) is 0 Å². The molecule has 0 saturated heterocycles. The van der Waals surface area contributed by atoms with Gasteiger partial charge in [0.15, 0.2) is 0 Å². The fraction of sp³-hybridized carbons (Fsp3) is 0.750. The van der Waals surface area contributed by atoms with E-state index in [-0.39, 0.29) is 0 Å². The molecule has 0 spiro atoms. The van der Waals surface area contributed by atoms with E-state index < -0.39 is 0 Å². The number of nitrogens with one attached hydrogen (secondary N) is 1. The van der Waals surface area contributed by atoms with Crippen molar-refractivity contribution in [3.8, 4) is 0 Å². The average molecular weight is 252 g/mol. The predicted octanol–water partition coefficient (Wildman–Crippen LogP) is 1.46. The van der Waals surface area contributed by atoms with Gasteiger partial charge in [-0.05, 0) is 12.8 Å². The molecule has 1 unspecified atom stereocenters. The predicted molar refractivity (Wildman–Crippen MR) is 76.4 cm³/mol. The van der Waals surface area contributed by atoms with Crippen molar-refractivity contribution in [1.82, 2.24) is 15.0 Å². The van der Waals surface area contributed by atoms with E-state index in [1.54, 1.807) is 0 Å². The second-order valence-electron chi connectivity index (χ2n) is 5.00. The molecule has 102 valence electrons. The van der Waals surface area contributed by atoms with Crippen molar-refractivity contribution < 1.29 is 0 Å². The molecule has 0 aliphatic carbocycles. The molecule has 1 aromatic rings. The fourth-order valence-corrected chi connectivity index (χ4v) is 1.45. The molecule has 6 nitrogen and oxygen atoms in total. The number of nitrogens with zero attached hydrogens (tertiary/aromatic N) is 5. The van der Waals surface area contributed by atoms with Crippen LogP contribution in [0.3, 0.4) is 0 Å². The highest BCUT2D eigenvalue weighted by Gasteiger charge is 2.18. The highest BCUT2D eigenvalue weighted by Crippen LogP contribution is 2.18. The zero-order valence-electron chi connectivity index (χ0n) is 12.4. The zero-order valence-corrected chi connectivity index (χ0v) is 12.4. The van der Waals surface area contributed by atoms with Gasteiger partial charge in [-0.2, -0.15) is 15.0 Å². The van der Waals surface area contributed by atoms with Crippen LogP contribution >= 0.6 is 0 Å². The van der Waals surface area contributed by atoms with E-state index in [2.05, 4.69) is 45.9 Å². The molecule has 0 aromatic carbocycles. The Bertz CT molecular complexity index is 390. The highest BCUT2D eigenvalue weighted by atomic mass is 15.3. The maximum atomic E-state index is 4.47. The fourth-order valence-electron chi connectivity index (χ4n) is 1.45. The first kappa shape index (κ1) is 14.5. The summed E-state index contributed by atoms with van der Waals surface area (Å²) in [4.78, 5) is 17.1. The lowest BCUT2D eigenvalue weighted by Crippen LogP contribution is -2.35. The molecule has 0 amide bonds. The van der Waals surface area contributed by atoms with Gasteiger partial charge in [-0.3, -0.25) is 0 Å². The molecule has 1 aromatic heterocycles. The maximum absolute atomic E-state index is 4.47. The summed E-state index contributed by atoms with van der Waals surface area (Å²) < 4.78 is 0. The summed E-state index contributed by atoms with van der Waals surface area (Å²) >= 11 is 0. The highest BCUT2D eigenvalue weighted by molar-refractivity contribution is 5.44. The first-order valence-corrected chi connectivity index (χ1v) is 6.20. The first-order chi connectivity index (χ1) is 8.36. The van der Waals surface area contributed by atoms with Gasteiger partial charge in [-0.1, -0.05) is 13.8 Å². The number of anilines is 3. The lowest BCUT2D eigenvalue weighted by Gasteiger charge is -2.28. The lowest BCUT2D eigenvalue weighted by atomic mass is 10.1. The van der Waals surface area contributed by atoms with Crippen LogP contribution < -0.4 is 15.1 Å². The van der Waals surface area contributed by atoms with Gasteiger partial charge in [0.1, 0.15) is 0 Å². The summed E-state index contributed by atoms with van der Waals surface area (Å²) in [5.41, 5.74) is 0. The molecular formula is C12H24N6. The van der Waals surface area contributed by atoms with Gasteiger partial charge in [0.2, 0.25) is 17.8 Å². The van der Waals surface area contributed by atoms with E-state index in [9.17, 15) is 0 Å². The number of aromatic nitrogens is 3. The minimum absolute atomic E-state index is 0.368. The maximum Gasteiger partial charge on any atom is 0.231 e. The second kappa shape index (κ2) is 5.84. The molecule has 1 atom stereocenters. The van der Waals surface area contributed by atoms with Crippen molar-refractivity contribution in [2.45, 2.75) is 26.8 Å². The van der Waals surface area contributed by atoms with Gasteiger partial charge in [-0.25, -0.2) is 0 Å². The first-order valence-electron chi connectivity index (χ1n) is 6.20. The molecule has 0 fully saturated rings. The Labute approximate surface area is 109 Å². The standard InChI is InChI=1S/C12H24N6/c1-8(2)9(3)18(7)12-15-10(13-4)14-11(16-12)17(5)6/h8-9H,1-7H3,(H,13,14,15,16). The second-order valence-corrected chi connectivity index (χ2v) is 5.00. The largest absolute Gasteiger partial charge is 0.357 e. The van der Waals surface area contributed by atoms with Crippen molar-refractivity contribution >= 4 is 17.8 Å². The van der Waals surface area contributed by atoms with Gasteiger partial charge in [0, 0.05) is 34.2 Å². The number of hydrogen-bond donors (Lipinski definition) is 1. The molecule has 18 heavy (non-hydrogen) atoms. The molecule has 0 radical (unpaired) electrons. The van der Waals surface area contributed by atoms with Gasteiger partial charge >= 0.3 is 0 Å². The Hall–Kier alpha value is -1.59. The van der Waals surface area contributed by atoms with Crippen LogP contribution in [0.4, 0.5) is 17.8 Å². The van der Waals surface area contributed by atoms with E-state index in [0.717, 1.165) is 0 Å². The van der Waals surface area contributed by atoms with Crippen LogP contribution in [0, 0.1) is 5.92 Å². The topological polar surface area (TPSA) is 57.2 Å². The van der Waals surface area contributed by atoms with Crippen LogP contribution in [0.25, 0.3) is 0 Å². The Morgan fingerprint density at radius 3 is 1.94 bits per heavy atom. The van der Waals surface area contributed by atoms with Crippen LogP contribution in [0.2, 0.25) is 0 Å². The quantitative estimate of drug-likeness (QED) is 0.856. The molecule has 6 heteroatoms. The van der Waals surface area contributed by atoms with Gasteiger partial charge in [-0.15, -0.1) is 0 Å². The molecule has 0 bridgehead atoms. The van der Waals surface area contributed by atoms with Crippen molar-refractivity contribution in [2.75, 3.05) is 43.3 Å². The van der Waals surface area contributed by atoms with E-state index in [0.29, 0.717) is 29.8 Å². The Morgan fingerprint density at radius 1 is 0.944 bits per heavy atom. The third kappa shape index (κ3) is 3.21. The van der Waals surface area contributed by atoms with Crippen molar-refractivity contribution in [2.24, 2.45) is 5.92 Å². The summed E-state index contributed by atoms with van der Waals surface area (Å²) in [7, 11) is 7.66. The molecule has 1 heterocycles. The van der Waals surface area contributed by atoms with E-state index in [1.807, 2.05) is 33.1 Å². The van der Waals surface area contributed by atoms with E-state index >= 15 is 0 Å².